The number of hydrogen-bond acceptors (Lipinski definition) is 18. The minimum atomic E-state index is -3.36. The Hall–Kier alpha value is -5.21. The fourth-order valence-electron chi connectivity index (χ4n) is 7.46. The van der Waals surface area contributed by atoms with Crippen LogP contribution in [0.15, 0.2) is 60.7 Å². The molecule has 0 N–H and O–H groups in total. The van der Waals surface area contributed by atoms with E-state index in [9.17, 15) is 33.6 Å². The van der Waals surface area contributed by atoms with Crippen LogP contribution in [0.2, 0.25) is 5.04 Å². The first-order valence-electron chi connectivity index (χ1n) is 19.1. The van der Waals surface area contributed by atoms with Gasteiger partial charge >= 0.3 is 35.8 Å². The Morgan fingerprint density at radius 1 is 0.633 bits per heavy atom. The number of rotatable bonds is 17. The van der Waals surface area contributed by atoms with Crippen molar-refractivity contribution in [2.24, 2.45) is 0 Å². The molecule has 2 heterocycles. The molecule has 328 valence electrons. The second-order valence-electron chi connectivity index (χ2n) is 15.1. The molecule has 2 aliphatic rings. The van der Waals surface area contributed by atoms with Gasteiger partial charge in [-0.2, -0.15) is 0 Å². The SMILES string of the molecule is CC(=O)OC[C@@]1(O[C@H]2O[C@H](CO[Si](c3ccccc3)(c3ccccc3)C(C)(C)C)[C@@H](OC(C)=O)[C@H](OC(C)=O)[C@H]2OC(C)=O)O[C@H](COC=O)[C@@H](OC(C)=O)[C@@H]1OC(C)=O. The highest BCUT2D eigenvalue weighted by molar-refractivity contribution is 6.99. The molecule has 2 saturated heterocycles. The Kier molecular flexibility index (Phi) is 16.1. The highest BCUT2D eigenvalue weighted by atomic mass is 28.4. The summed E-state index contributed by atoms with van der Waals surface area (Å²) in [4.78, 5) is 87.1. The van der Waals surface area contributed by atoms with Crippen LogP contribution < -0.4 is 10.4 Å². The third kappa shape index (κ3) is 11.3. The fraction of sp³-hybridized carbons (Fsp3) is 0.537. The van der Waals surface area contributed by atoms with Gasteiger partial charge in [-0.25, -0.2) is 0 Å². The van der Waals surface area contributed by atoms with Crippen LogP contribution in [0.4, 0.5) is 0 Å². The van der Waals surface area contributed by atoms with Crippen molar-refractivity contribution in [3.63, 3.8) is 0 Å². The van der Waals surface area contributed by atoms with Crippen LogP contribution in [0.3, 0.4) is 0 Å². The molecule has 2 aromatic rings. The van der Waals surface area contributed by atoms with Crippen molar-refractivity contribution >= 4 is 61.0 Å². The number of ether oxygens (including phenoxy) is 10. The van der Waals surface area contributed by atoms with E-state index >= 15 is 0 Å². The van der Waals surface area contributed by atoms with Crippen LogP contribution in [-0.2, 0) is 85.4 Å². The molecule has 2 fully saturated rings. The Morgan fingerprint density at radius 2 is 1.12 bits per heavy atom. The third-order valence-electron chi connectivity index (χ3n) is 9.54. The Bertz CT molecular complexity index is 1790. The summed E-state index contributed by atoms with van der Waals surface area (Å²) >= 11 is 0. The standard InChI is InChI=1S/C41H52O18Si/c1-24(43)50-22-41(38(56-29(6)48)35(53-26(3)45)33(58-41)20-49-23-42)59-39-37(55-28(5)47)36(54-27(4)46)34(52-25(2)44)32(57-39)21-51-60(40(7,8)9,30-16-12-10-13-17-30)31-18-14-11-15-19-31/h10-19,23,32-39H,20-22H2,1-9H3/t32-,33-,34-,35-,36+,37-,38+,39-,41+/m1/s1. The lowest BCUT2D eigenvalue weighted by molar-refractivity contribution is -0.384. The number of carbonyl (C=O) groups excluding carboxylic acids is 7. The molecular weight excluding hydrogens is 809 g/mol. The van der Waals surface area contributed by atoms with Crippen LogP contribution >= 0.6 is 0 Å². The summed E-state index contributed by atoms with van der Waals surface area (Å²) < 4.78 is 65.1. The van der Waals surface area contributed by atoms with E-state index in [4.69, 9.17) is 51.8 Å². The van der Waals surface area contributed by atoms with Gasteiger partial charge in [-0.15, -0.1) is 0 Å². The number of carbonyl (C=O) groups is 7. The van der Waals surface area contributed by atoms with Gasteiger partial charge in [0.25, 0.3) is 14.8 Å². The second kappa shape index (κ2) is 20.4. The van der Waals surface area contributed by atoms with Crippen molar-refractivity contribution in [1.82, 2.24) is 0 Å². The van der Waals surface area contributed by atoms with Crippen LogP contribution in [0, 0.1) is 0 Å². The predicted molar refractivity (Wildman–Crippen MR) is 207 cm³/mol. The molecule has 0 spiro atoms. The molecule has 2 aromatic carbocycles. The number of benzene rings is 2. The van der Waals surface area contributed by atoms with E-state index in [1.54, 1.807) is 0 Å². The van der Waals surface area contributed by atoms with Gasteiger partial charge < -0.3 is 51.8 Å². The van der Waals surface area contributed by atoms with Gasteiger partial charge in [-0.05, 0) is 15.4 Å². The lowest BCUT2D eigenvalue weighted by Crippen LogP contribution is -2.69. The van der Waals surface area contributed by atoms with Gasteiger partial charge in [0.15, 0.2) is 30.5 Å². The maximum Gasteiger partial charge on any atom is 0.303 e. The molecular formula is C41H52O18Si. The smallest absolute Gasteiger partial charge is 0.303 e. The molecule has 0 unspecified atom stereocenters. The maximum absolute atomic E-state index is 12.8. The van der Waals surface area contributed by atoms with Gasteiger partial charge in [0, 0.05) is 41.5 Å². The summed E-state index contributed by atoms with van der Waals surface area (Å²) in [6.45, 7) is 10.8. The summed E-state index contributed by atoms with van der Waals surface area (Å²) in [6, 6.07) is 19.1. The van der Waals surface area contributed by atoms with E-state index in [1.165, 1.54) is 0 Å². The Morgan fingerprint density at radius 3 is 1.58 bits per heavy atom. The van der Waals surface area contributed by atoms with Crippen LogP contribution in [0.25, 0.3) is 0 Å². The zero-order valence-corrected chi connectivity index (χ0v) is 35.9. The van der Waals surface area contributed by atoms with Crippen molar-refractivity contribution in [1.29, 1.82) is 0 Å². The lowest BCUT2D eigenvalue weighted by Gasteiger charge is -2.48. The van der Waals surface area contributed by atoms with Crippen molar-refractivity contribution in [2.45, 2.75) is 122 Å². The van der Waals surface area contributed by atoms with Crippen molar-refractivity contribution in [2.75, 3.05) is 19.8 Å². The summed E-state index contributed by atoms with van der Waals surface area (Å²) in [5.41, 5.74) is 0. The lowest BCUT2D eigenvalue weighted by atomic mass is 9.97. The molecule has 4 rings (SSSR count). The Labute approximate surface area is 348 Å². The molecule has 0 aliphatic carbocycles. The zero-order valence-electron chi connectivity index (χ0n) is 34.9. The van der Waals surface area contributed by atoms with Gasteiger partial charge in [-0.3, -0.25) is 33.6 Å². The summed E-state index contributed by atoms with van der Waals surface area (Å²) in [5.74, 6) is -7.76. The normalized spacial score (nSPS) is 26.5. The molecule has 2 aliphatic heterocycles. The average molecular weight is 861 g/mol. The summed E-state index contributed by atoms with van der Waals surface area (Å²) in [6.07, 6.45) is -13.0. The minimum Gasteiger partial charge on any atom is -0.465 e. The van der Waals surface area contributed by atoms with Gasteiger partial charge in [-0.1, -0.05) is 81.4 Å². The van der Waals surface area contributed by atoms with Crippen LogP contribution in [-0.4, -0.2) is 125 Å². The highest BCUT2D eigenvalue weighted by Gasteiger charge is 2.65. The van der Waals surface area contributed by atoms with Crippen molar-refractivity contribution in [3.8, 4) is 0 Å². The second-order valence-corrected chi connectivity index (χ2v) is 19.4. The van der Waals surface area contributed by atoms with Crippen LogP contribution in [0.1, 0.15) is 62.3 Å². The van der Waals surface area contributed by atoms with Gasteiger partial charge in [0.05, 0.1) is 6.61 Å². The van der Waals surface area contributed by atoms with Crippen LogP contribution in [0.5, 0.6) is 0 Å². The maximum atomic E-state index is 12.8. The summed E-state index contributed by atoms with van der Waals surface area (Å²) in [7, 11) is -3.36. The van der Waals surface area contributed by atoms with E-state index in [2.05, 4.69) is 0 Å². The number of esters is 6. The largest absolute Gasteiger partial charge is 0.465 e. The molecule has 19 heteroatoms. The molecule has 0 amide bonds. The molecule has 0 aromatic heterocycles. The first-order chi connectivity index (χ1) is 28.2. The minimum absolute atomic E-state index is 0.0954. The topological polar surface area (TPSA) is 221 Å². The first kappa shape index (κ1) is 47.5. The quantitative estimate of drug-likeness (QED) is 0.0958. The molecule has 0 bridgehead atoms. The molecule has 0 saturated carbocycles. The van der Waals surface area contributed by atoms with Gasteiger partial charge in [0.1, 0.15) is 25.4 Å². The van der Waals surface area contributed by atoms with E-state index < -0.39 is 117 Å². The predicted octanol–water partition coefficient (Wildman–Crippen LogP) is 1.79. The van der Waals surface area contributed by atoms with E-state index in [0.29, 0.717) is 0 Å². The average Bonchev–Trinajstić information content (AvgIpc) is 3.42. The van der Waals surface area contributed by atoms with E-state index in [1.807, 2.05) is 81.4 Å². The van der Waals surface area contributed by atoms with Crippen molar-refractivity contribution in [3.05, 3.63) is 60.7 Å². The molecule has 18 nitrogen and oxygen atoms in total. The first-order valence-corrected chi connectivity index (χ1v) is 21.0. The van der Waals surface area contributed by atoms with E-state index in [0.717, 1.165) is 51.9 Å². The monoisotopic (exact) mass is 860 g/mol. The fourth-order valence-corrected chi connectivity index (χ4v) is 12.0. The molecule has 9 atom stereocenters. The third-order valence-corrected chi connectivity index (χ3v) is 14.5. The van der Waals surface area contributed by atoms with E-state index in [-0.39, 0.29) is 13.1 Å². The van der Waals surface area contributed by atoms with Gasteiger partial charge in [0.2, 0.25) is 12.1 Å². The Balaban J connectivity index is 1.94. The van der Waals surface area contributed by atoms with Crippen molar-refractivity contribution < 1.29 is 85.4 Å². The summed E-state index contributed by atoms with van der Waals surface area (Å²) in [5, 5.41) is 1.21. The molecule has 60 heavy (non-hydrogen) atoms. The molecule has 0 radical (unpaired) electrons. The highest BCUT2D eigenvalue weighted by Crippen LogP contribution is 2.42. The zero-order chi connectivity index (χ0) is 44.4. The number of hydrogen-bond donors (Lipinski definition) is 0.